The first-order valence-corrected chi connectivity index (χ1v) is 13.9. The molecule has 4 heterocycles. The SMILES string of the molecule is O=C(NC(CC1CCCCC1)C(=O)N1CCC2C1C(=O)CN2S(=O)(=O)c1ccccn1)c1ccoc1. The van der Waals surface area contributed by atoms with E-state index in [0.29, 0.717) is 24.3 Å². The Morgan fingerprint density at radius 3 is 2.64 bits per heavy atom. The van der Waals surface area contributed by atoms with Crippen LogP contribution in [0.2, 0.25) is 0 Å². The number of nitrogens with zero attached hydrogens (tertiary/aromatic N) is 3. The number of fused-ring (bicyclic) bond motifs is 1. The lowest BCUT2D eigenvalue weighted by Gasteiger charge is -2.31. The number of ketones is 1. The molecule has 3 aliphatic rings. The minimum absolute atomic E-state index is 0.120. The van der Waals surface area contributed by atoms with Gasteiger partial charge in [-0.25, -0.2) is 13.4 Å². The summed E-state index contributed by atoms with van der Waals surface area (Å²) in [6.45, 7) is -0.0520. The Balaban J connectivity index is 1.36. The average molecular weight is 515 g/mol. The second kappa shape index (κ2) is 10.1. The normalized spacial score (nSPS) is 24.0. The molecule has 0 spiro atoms. The van der Waals surface area contributed by atoms with Gasteiger partial charge in [0, 0.05) is 12.7 Å². The van der Waals surface area contributed by atoms with Gasteiger partial charge in [0.05, 0.1) is 24.4 Å². The number of likely N-dealkylation sites (tertiary alicyclic amines) is 1. The van der Waals surface area contributed by atoms with E-state index >= 15 is 0 Å². The van der Waals surface area contributed by atoms with E-state index in [0.717, 1.165) is 25.7 Å². The van der Waals surface area contributed by atoms with Crippen molar-refractivity contribution in [2.45, 2.75) is 68.1 Å². The van der Waals surface area contributed by atoms with Gasteiger partial charge in [-0.15, -0.1) is 0 Å². The van der Waals surface area contributed by atoms with Crippen molar-refractivity contribution in [1.29, 1.82) is 0 Å². The van der Waals surface area contributed by atoms with Gasteiger partial charge in [0.1, 0.15) is 18.3 Å². The molecule has 2 aromatic rings. The van der Waals surface area contributed by atoms with Gasteiger partial charge in [-0.1, -0.05) is 38.2 Å². The highest BCUT2D eigenvalue weighted by molar-refractivity contribution is 7.89. The number of aromatic nitrogens is 1. The van der Waals surface area contributed by atoms with Gasteiger partial charge in [0.25, 0.3) is 15.9 Å². The number of furan rings is 1. The highest BCUT2D eigenvalue weighted by Crippen LogP contribution is 2.35. The number of carbonyl (C=O) groups is 3. The Kier molecular flexibility index (Phi) is 6.94. The van der Waals surface area contributed by atoms with Crippen LogP contribution in [0.3, 0.4) is 0 Å². The van der Waals surface area contributed by atoms with Crippen LogP contribution in [0, 0.1) is 5.92 Å². The van der Waals surface area contributed by atoms with Crippen molar-refractivity contribution >= 4 is 27.6 Å². The van der Waals surface area contributed by atoms with Crippen molar-refractivity contribution in [2.75, 3.05) is 13.1 Å². The Morgan fingerprint density at radius 1 is 1.14 bits per heavy atom. The molecule has 1 N–H and O–H groups in total. The lowest BCUT2D eigenvalue weighted by Crippen LogP contribution is -2.53. The highest BCUT2D eigenvalue weighted by atomic mass is 32.2. The van der Waals surface area contributed by atoms with Crippen LogP contribution < -0.4 is 5.32 Å². The molecule has 1 saturated carbocycles. The Bertz CT molecular complexity index is 1210. The number of hydrogen-bond donors (Lipinski definition) is 1. The number of amides is 2. The average Bonchev–Trinajstić information content (AvgIpc) is 3.64. The van der Waals surface area contributed by atoms with E-state index in [1.807, 2.05) is 0 Å². The molecule has 2 saturated heterocycles. The minimum atomic E-state index is -3.98. The zero-order chi connectivity index (χ0) is 25.3. The number of Topliss-reactive ketones (excluding diaryl/α,β-unsaturated/α-hetero) is 1. The van der Waals surface area contributed by atoms with Crippen LogP contribution in [0.25, 0.3) is 0 Å². The third-order valence-electron chi connectivity index (χ3n) is 7.55. The third-order valence-corrected chi connectivity index (χ3v) is 9.34. The summed E-state index contributed by atoms with van der Waals surface area (Å²) in [6.07, 6.45) is 10.3. The van der Waals surface area contributed by atoms with E-state index in [2.05, 4.69) is 10.3 Å². The molecule has 11 heteroatoms. The Labute approximate surface area is 210 Å². The lowest BCUT2D eigenvalue weighted by atomic mass is 9.84. The monoisotopic (exact) mass is 514 g/mol. The van der Waals surface area contributed by atoms with E-state index in [4.69, 9.17) is 4.42 Å². The first-order chi connectivity index (χ1) is 17.4. The van der Waals surface area contributed by atoms with Crippen LogP contribution in [0.4, 0.5) is 0 Å². The molecule has 2 amide bonds. The van der Waals surface area contributed by atoms with E-state index < -0.39 is 34.1 Å². The predicted octanol–water partition coefficient (Wildman–Crippen LogP) is 1.99. The number of carbonyl (C=O) groups excluding carboxylic acids is 3. The molecule has 0 bridgehead atoms. The molecule has 3 unspecified atom stereocenters. The summed E-state index contributed by atoms with van der Waals surface area (Å²) >= 11 is 0. The largest absolute Gasteiger partial charge is 0.472 e. The van der Waals surface area contributed by atoms with Gasteiger partial charge in [0.2, 0.25) is 5.91 Å². The maximum Gasteiger partial charge on any atom is 0.261 e. The van der Waals surface area contributed by atoms with Crippen molar-refractivity contribution in [1.82, 2.24) is 19.5 Å². The van der Waals surface area contributed by atoms with E-state index in [9.17, 15) is 22.8 Å². The zero-order valence-corrected chi connectivity index (χ0v) is 20.7. The summed E-state index contributed by atoms with van der Waals surface area (Å²) in [5.41, 5.74) is 0.320. The molecule has 2 aromatic heterocycles. The molecule has 1 aliphatic carbocycles. The van der Waals surface area contributed by atoms with Gasteiger partial charge in [-0.2, -0.15) is 4.31 Å². The number of rotatable bonds is 7. The molecule has 2 aliphatic heterocycles. The first kappa shape index (κ1) is 24.6. The molecular weight excluding hydrogens is 484 g/mol. The lowest BCUT2D eigenvalue weighted by molar-refractivity contribution is -0.138. The van der Waals surface area contributed by atoms with Crippen molar-refractivity contribution in [3.05, 3.63) is 48.6 Å². The number of nitrogens with one attached hydrogen (secondary N) is 1. The maximum atomic E-state index is 13.8. The number of hydrogen-bond acceptors (Lipinski definition) is 7. The van der Waals surface area contributed by atoms with Crippen molar-refractivity contribution in [3.8, 4) is 0 Å². The molecular formula is C25H30N4O6S. The molecule has 3 fully saturated rings. The van der Waals surface area contributed by atoms with Crippen LogP contribution in [0.15, 0.2) is 52.4 Å². The maximum absolute atomic E-state index is 13.8. The van der Waals surface area contributed by atoms with Crippen LogP contribution in [-0.2, 0) is 19.6 Å². The number of sulfonamides is 1. The van der Waals surface area contributed by atoms with E-state index in [-0.39, 0.29) is 29.8 Å². The Morgan fingerprint density at radius 2 is 1.94 bits per heavy atom. The fraction of sp³-hybridized carbons (Fsp3) is 0.520. The smallest absolute Gasteiger partial charge is 0.261 e. The highest BCUT2D eigenvalue weighted by Gasteiger charge is 2.54. The summed E-state index contributed by atoms with van der Waals surface area (Å²) in [5, 5.41) is 2.74. The molecule has 10 nitrogen and oxygen atoms in total. The fourth-order valence-electron chi connectivity index (χ4n) is 5.77. The van der Waals surface area contributed by atoms with E-state index in [1.165, 1.54) is 46.5 Å². The minimum Gasteiger partial charge on any atom is -0.472 e. The van der Waals surface area contributed by atoms with Gasteiger partial charge < -0.3 is 14.6 Å². The Hall–Kier alpha value is -3.05. The van der Waals surface area contributed by atoms with Gasteiger partial charge in [-0.3, -0.25) is 14.4 Å². The van der Waals surface area contributed by atoms with Crippen molar-refractivity contribution < 1.29 is 27.2 Å². The summed E-state index contributed by atoms with van der Waals surface area (Å²) in [4.78, 5) is 45.1. The zero-order valence-electron chi connectivity index (χ0n) is 19.9. The van der Waals surface area contributed by atoms with Crippen LogP contribution >= 0.6 is 0 Å². The van der Waals surface area contributed by atoms with E-state index in [1.54, 1.807) is 12.1 Å². The second-order valence-corrected chi connectivity index (χ2v) is 11.6. The molecule has 5 rings (SSSR count). The topological polar surface area (TPSA) is 130 Å². The van der Waals surface area contributed by atoms with Gasteiger partial charge in [-0.05, 0) is 37.0 Å². The number of pyridine rings is 1. The second-order valence-electron chi connectivity index (χ2n) is 9.79. The summed E-state index contributed by atoms with van der Waals surface area (Å²) in [7, 11) is -3.98. The molecule has 36 heavy (non-hydrogen) atoms. The summed E-state index contributed by atoms with van der Waals surface area (Å²) < 4.78 is 32.6. The fourth-order valence-corrected chi connectivity index (χ4v) is 7.33. The molecule has 0 aromatic carbocycles. The van der Waals surface area contributed by atoms with Gasteiger partial charge >= 0.3 is 0 Å². The third kappa shape index (κ3) is 4.69. The molecule has 192 valence electrons. The molecule has 3 atom stereocenters. The summed E-state index contributed by atoms with van der Waals surface area (Å²) in [6, 6.07) is 3.82. The summed E-state index contributed by atoms with van der Waals surface area (Å²) in [5.74, 6) is -0.764. The van der Waals surface area contributed by atoms with Gasteiger partial charge in [0.15, 0.2) is 10.8 Å². The quantitative estimate of drug-likeness (QED) is 0.598. The van der Waals surface area contributed by atoms with Crippen LogP contribution in [-0.4, -0.2) is 71.4 Å². The van der Waals surface area contributed by atoms with Crippen LogP contribution in [0.5, 0.6) is 0 Å². The standard InChI is InChI=1S/C25H30N4O6S/c30-21-15-29(36(33,34)22-8-4-5-11-26-22)20-9-12-28(23(20)21)25(32)19(14-17-6-2-1-3-7-17)27-24(31)18-10-13-35-16-18/h4-5,8,10-11,13,16-17,19-20,23H,1-3,6-7,9,12,14-15H2,(H,27,31). The molecule has 0 radical (unpaired) electrons. The van der Waals surface area contributed by atoms with Crippen LogP contribution in [0.1, 0.15) is 55.3 Å². The van der Waals surface area contributed by atoms with Crippen molar-refractivity contribution in [3.63, 3.8) is 0 Å². The van der Waals surface area contributed by atoms with Crippen molar-refractivity contribution in [2.24, 2.45) is 5.92 Å². The predicted molar refractivity (Wildman–Crippen MR) is 128 cm³/mol. The first-order valence-electron chi connectivity index (χ1n) is 12.5.